The Morgan fingerprint density at radius 2 is 2.04 bits per heavy atom. The van der Waals surface area contributed by atoms with Crippen molar-refractivity contribution in [2.24, 2.45) is 0 Å². The van der Waals surface area contributed by atoms with Gasteiger partial charge in [0, 0.05) is 18.2 Å². The van der Waals surface area contributed by atoms with Crippen LogP contribution in [0.5, 0.6) is 0 Å². The molecule has 0 spiro atoms. The van der Waals surface area contributed by atoms with Crippen molar-refractivity contribution in [2.45, 2.75) is 30.7 Å². The van der Waals surface area contributed by atoms with Gasteiger partial charge in [-0.05, 0) is 38.0 Å². The zero-order chi connectivity index (χ0) is 19.2. The summed E-state index contributed by atoms with van der Waals surface area (Å²) in [5, 5.41) is 12.0. The second-order valence-corrected chi connectivity index (χ2v) is 9.45. The van der Waals surface area contributed by atoms with Gasteiger partial charge < -0.3 is 0 Å². The fourth-order valence-electron chi connectivity index (χ4n) is 3.39. The van der Waals surface area contributed by atoms with Gasteiger partial charge in [-0.1, -0.05) is 18.2 Å². The Balaban J connectivity index is 1.74. The fourth-order valence-corrected chi connectivity index (χ4v) is 6.25. The zero-order valence-electron chi connectivity index (χ0n) is 14.5. The number of nitrogens with zero attached hydrogens (tertiary/aromatic N) is 3. The number of aryl methyl sites for hydroxylation is 1. The maximum atomic E-state index is 13.2. The average Bonchev–Trinajstić information content (AvgIpc) is 3.28. The van der Waals surface area contributed by atoms with Crippen molar-refractivity contribution in [3.63, 3.8) is 0 Å². The normalized spacial score (nSPS) is 18.2. The summed E-state index contributed by atoms with van der Waals surface area (Å²) in [5.41, 5.74) is 1.10. The molecule has 3 aromatic rings. The number of benzene rings is 2. The lowest BCUT2D eigenvalue weighted by Gasteiger charge is -2.22. The monoisotopic (exact) mass is 403 g/mol. The van der Waals surface area contributed by atoms with Gasteiger partial charge in [0.1, 0.15) is 5.01 Å². The van der Waals surface area contributed by atoms with E-state index in [2.05, 4.69) is 4.98 Å². The van der Waals surface area contributed by atoms with E-state index in [-0.39, 0.29) is 16.6 Å². The molecule has 0 radical (unpaired) electrons. The molecule has 1 aliphatic rings. The number of sulfonamides is 1. The maximum Gasteiger partial charge on any atom is 0.273 e. The van der Waals surface area contributed by atoms with E-state index in [0.717, 1.165) is 27.7 Å². The van der Waals surface area contributed by atoms with Gasteiger partial charge in [0.2, 0.25) is 10.0 Å². The number of hydrogen-bond acceptors (Lipinski definition) is 6. The topological polar surface area (TPSA) is 93.4 Å². The first-order valence-electron chi connectivity index (χ1n) is 8.50. The Hall–Kier alpha value is -2.36. The molecule has 0 saturated carbocycles. The molecule has 0 unspecified atom stereocenters. The van der Waals surface area contributed by atoms with E-state index in [9.17, 15) is 18.5 Å². The van der Waals surface area contributed by atoms with Crippen LogP contribution >= 0.6 is 11.3 Å². The summed E-state index contributed by atoms with van der Waals surface area (Å²) in [6.45, 7) is 1.97. The number of thiazole rings is 1. The molecule has 1 fully saturated rings. The number of rotatable bonds is 4. The first kappa shape index (κ1) is 18.0. The quantitative estimate of drug-likeness (QED) is 0.484. The standard InChI is InChI=1S/C18H17N3O4S2/c1-12-8-9-13(11-16(12)21(22)23)27(24,25)20-10-4-6-15(20)18-19-14-5-2-3-7-17(14)26-18/h2-3,5,7-9,11,15H,4,6,10H2,1H3/t15-/m0/s1. The molecule has 1 atom stereocenters. The molecule has 0 bridgehead atoms. The van der Waals surface area contributed by atoms with Crippen LogP contribution < -0.4 is 0 Å². The number of nitro benzene ring substituents is 1. The Labute approximate surface area is 160 Å². The van der Waals surface area contributed by atoms with Gasteiger partial charge in [-0.25, -0.2) is 13.4 Å². The summed E-state index contributed by atoms with van der Waals surface area (Å²) in [6, 6.07) is 11.4. The van der Waals surface area contributed by atoms with E-state index in [1.165, 1.54) is 27.8 Å². The summed E-state index contributed by atoms with van der Waals surface area (Å²) < 4.78 is 28.8. The molecule has 0 N–H and O–H groups in total. The number of nitro groups is 1. The Morgan fingerprint density at radius 1 is 1.26 bits per heavy atom. The fraction of sp³-hybridized carbons (Fsp3) is 0.278. The lowest BCUT2D eigenvalue weighted by atomic mass is 10.2. The van der Waals surface area contributed by atoms with E-state index in [0.29, 0.717) is 18.5 Å². The van der Waals surface area contributed by atoms with Gasteiger partial charge in [0.05, 0.1) is 26.1 Å². The minimum absolute atomic E-state index is 0.0483. The number of para-hydroxylation sites is 1. The van der Waals surface area contributed by atoms with E-state index in [1.54, 1.807) is 6.92 Å². The Bertz CT molecular complexity index is 1110. The van der Waals surface area contributed by atoms with E-state index in [4.69, 9.17) is 0 Å². The van der Waals surface area contributed by atoms with Gasteiger partial charge in [0.15, 0.2) is 0 Å². The van der Waals surface area contributed by atoms with E-state index in [1.807, 2.05) is 24.3 Å². The van der Waals surface area contributed by atoms with Crippen LogP contribution in [-0.4, -0.2) is 29.2 Å². The predicted octanol–water partition coefficient (Wildman–Crippen LogP) is 4.04. The third-order valence-corrected chi connectivity index (χ3v) is 7.82. The van der Waals surface area contributed by atoms with E-state index >= 15 is 0 Å². The van der Waals surface area contributed by atoms with Crippen LogP contribution in [0.25, 0.3) is 10.2 Å². The molecule has 7 nitrogen and oxygen atoms in total. The highest BCUT2D eigenvalue weighted by Gasteiger charge is 2.38. The van der Waals surface area contributed by atoms with Crippen LogP contribution in [0.1, 0.15) is 29.5 Å². The summed E-state index contributed by atoms with van der Waals surface area (Å²) in [4.78, 5) is 15.2. The van der Waals surface area contributed by atoms with Gasteiger partial charge in [0.25, 0.3) is 5.69 Å². The number of aromatic nitrogens is 1. The van der Waals surface area contributed by atoms with Gasteiger partial charge in [-0.2, -0.15) is 4.31 Å². The molecule has 27 heavy (non-hydrogen) atoms. The van der Waals surface area contributed by atoms with Crippen molar-refractivity contribution >= 4 is 37.3 Å². The molecule has 4 rings (SSSR count). The SMILES string of the molecule is Cc1ccc(S(=O)(=O)N2CCC[C@H]2c2nc3ccccc3s2)cc1[N+](=O)[O-]. The zero-order valence-corrected chi connectivity index (χ0v) is 16.2. The second kappa shape index (κ2) is 6.66. The third-order valence-electron chi connectivity index (χ3n) is 4.78. The molecule has 0 amide bonds. The molecule has 2 heterocycles. The summed E-state index contributed by atoms with van der Waals surface area (Å²) in [6.07, 6.45) is 1.42. The molecule has 1 aromatic heterocycles. The maximum absolute atomic E-state index is 13.2. The molecule has 140 valence electrons. The van der Waals surface area contributed by atoms with Crippen molar-refractivity contribution in [3.05, 3.63) is 63.1 Å². The van der Waals surface area contributed by atoms with Crippen LogP contribution in [-0.2, 0) is 10.0 Å². The van der Waals surface area contributed by atoms with Crippen LogP contribution in [0.3, 0.4) is 0 Å². The number of hydrogen-bond donors (Lipinski definition) is 0. The summed E-state index contributed by atoms with van der Waals surface area (Å²) in [7, 11) is -3.85. The first-order valence-corrected chi connectivity index (χ1v) is 10.8. The van der Waals surface area contributed by atoms with Crippen molar-refractivity contribution in [1.82, 2.24) is 9.29 Å². The largest absolute Gasteiger partial charge is 0.273 e. The molecule has 2 aromatic carbocycles. The lowest BCUT2D eigenvalue weighted by molar-refractivity contribution is -0.385. The van der Waals surface area contributed by atoms with Crippen molar-refractivity contribution in [3.8, 4) is 0 Å². The van der Waals surface area contributed by atoms with Crippen molar-refractivity contribution in [2.75, 3.05) is 6.54 Å². The van der Waals surface area contributed by atoms with E-state index < -0.39 is 14.9 Å². The lowest BCUT2D eigenvalue weighted by Crippen LogP contribution is -2.30. The van der Waals surface area contributed by atoms with Crippen LogP contribution in [0.4, 0.5) is 5.69 Å². The molecular formula is C18H17N3O4S2. The minimum Gasteiger partial charge on any atom is -0.258 e. The van der Waals surface area contributed by atoms with Gasteiger partial charge in [-0.15, -0.1) is 11.3 Å². The van der Waals surface area contributed by atoms with Crippen molar-refractivity contribution < 1.29 is 13.3 Å². The molecule has 1 aliphatic heterocycles. The molecule has 1 saturated heterocycles. The second-order valence-electron chi connectivity index (χ2n) is 6.50. The molecule has 0 aliphatic carbocycles. The van der Waals surface area contributed by atoms with Gasteiger partial charge >= 0.3 is 0 Å². The average molecular weight is 403 g/mol. The minimum atomic E-state index is -3.85. The van der Waals surface area contributed by atoms with Crippen LogP contribution in [0.2, 0.25) is 0 Å². The highest BCUT2D eigenvalue weighted by molar-refractivity contribution is 7.89. The van der Waals surface area contributed by atoms with Crippen LogP contribution in [0, 0.1) is 17.0 Å². The van der Waals surface area contributed by atoms with Gasteiger partial charge in [-0.3, -0.25) is 10.1 Å². The van der Waals surface area contributed by atoms with Crippen molar-refractivity contribution in [1.29, 1.82) is 0 Å². The first-order chi connectivity index (χ1) is 12.9. The Morgan fingerprint density at radius 3 is 2.78 bits per heavy atom. The summed E-state index contributed by atoms with van der Waals surface area (Å²) >= 11 is 1.49. The number of fused-ring (bicyclic) bond motifs is 1. The highest BCUT2D eigenvalue weighted by atomic mass is 32.2. The smallest absolute Gasteiger partial charge is 0.258 e. The molecular weight excluding hydrogens is 386 g/mol. The Kier molecular flexibility index (Phi) is 4.45. The third kappa shape index (κ3) is 3.11. The predicted molar refractivity (Wildman–Crippen MR) is 103 cm³/mol. The summed E-state index contributed by atoms with van der Waals surface area (Å²) in [5.74, 6) is 0. The van der Waals surface area contributed by atoms with Crippen LogP contribution in [0.15, 0.2) is 47.4 Å². The highest BCUT2D eigenvalue weighted by Crippen LogP contribution is 2.40. The molecule has 9 heteroatoms.